The smallest absolute Gasteiger partial charge is 0.0240 e. The first-order chi connectivity index (χ1) is 12.9. The van der Waals surface area contributed by atoms with Crippen LogP contribution < -0.4 is 0 Å². The summed E-state index contributed by atoms with van der Waals surface area (Å²) in [6, 6.07) is 23.6. The third kappa shape index (κ3) is 4.55. The standard InChI is InChI=1S/C24H32N2/c1-3-9-21(10-4-1)19-26(20-22-11-5-2-6-12-22)24-15-13-23(14-16-24)25-17-7-8-18-25/h1-6,9-12,23-24H,7-8,13-20H2/t23-,24-. The predicted molar refractivity (Wildman–Crippen MR) is 109 cm³/mol. The fourth-order valence-corrected chi connectivity index (χ4v) is 4.85. The van der Waals surface area contributed by atoms with Gasteiger partial charge in [0, 0.05) is 25.2 Å². The molecule has 2 aromatic rings. The van der Waals surface area contributed by atoms with Crippen molar-refractivity contribution in [3.05, 3.63) is 71.8 Å². The van der Waals surface area contributed by atoms with E-state index in [0.717, 1.165) is 19.1 Å². The minimum Gasteiger partial charge on any atom is -0.300 e. The van der Waals surface area contributed by atoms with Crippen LogP contribution in [0.25, 0.3) is 0 Å². The summed E-state index contributed by atoms with van der Waals surface area (Å²) in [6.45, 7) is 4.81. The normalized spacial score (nSPS) is 24.2. The highest BCUT2D eigenvalue weighted by atomic mass is 15.2. The molecule has 0 radical (unpaired) electrons. The molecule has 0 atom stereocenters. The van der Waals surface area contributed by atoms with Crippen molar-refractivity contribution >= 4 is 0 Å². The summed E-state index contributed by atoms with van der Waals surface area (Å²) in [5, 5.41) is 0. The molecule has 1 aliphatic carbocycles. The summed E-state index contributed by atoms with van der Waals surface area (Å²) < 4.78 is 0. The lowest BCUT2D eigenvalue weighted by Gasteiger charge is -2.40. The average Bonchev–Trinajstić information content (AvgIpc) is 3.24. The van der Waals surface area contributed by atoms with Crippen molar-refractivity contribution < 1.29 is 0 Å². The number of hydrogen-bond donors (Lipinski definition) is 0. The zero-order valence-electron chi connectivity index (χ0n) is 15.9. The number of benzene rings is 2. The van der Waals surface area contributed by atoms with Gasteiger partial charge in [-0.2, -0.15) is 0 Å². The lowest BCUT2D eigenvalue weighted by Crippen LogP contribution is -2.42. The van der Waals surface area contributed by atoms with Crippen molar-refractivity contribution in [1.82, 2.24) is 9.80 Å². The van der Waals surface area contributed by atoms with Crippen molar-refractivity contribution in [1.29, 1.82) is 0 Å². The summed E-state index contributed by atoms with van der Waals surface area (Å²) in [5.74, 6) is 0. The van der Waals surface area contributed by atoms with Crippen LogP contribution in [0.1, 0.15) is 49.7 Å². The van der Waals surface area contributed by atoms with Gasteiger partial charge >= 0.3 is 0 Å². The van der Waals surface area contributed by atoms with E-state index in [2.05, 4.69) is 70.5 Å². The zero-order chi connectivity index (χ0) is 17.6. The monoisotopic (exact) mass is 348 g/mol. The minimum atomic E-state index is 0.717. The Morgan fingerprint density at radius 3 is 1.69 bits per heavy atom. The molecule has 2 fully saturated rings. The third-order valence-corrected chi connectivity index (χ3v) is 6.30. The molecular weight excluding hydrogens is 316 g/mol. The second kappa shape index (κ2) is 8.83. The molecule has 1 heterocycles. The number of rotatable bonds is 6. The fraction of sp³-hybridized carbons (Fsp3) is 0.500. The first-order valence-electron chi connectivity index (χ1n) is 10.4. The largest absolute Gasteiger partial charge is 0.300 e. The molecule has 0 amide bonds. The number of nitrogens with zero attached hydrogens (tertiary/aromatic N) is 2. The molecule has 0 aromatic heterocycles. The lowest BCUT2D eigenvalue weighted by molar-refractivity contribution is 0.0965. The second-order valence-electron chi connectivity index (χ2n) is 8.08. The molecule has 2 aliphatic rings. The van der Waals surface area contributed by atoms with Gasteiger partial charge in [0.05, 0.1) is 0 Å². The molecule has 0 spiro atoms. The van der Waals surface area contributed by atoms with Crippen molar-refractivity contribution in [3.8, 4) is 0 Å². The Labute approximate surface area is 158 Å². The SMILES string of the molecule is c1ccc(CN(Cc2ccccc2)[C@H]2CC[C@H](N3CCCC3)CC2)cc1. The Morgan fingerprint density at radius 2 is 1.19 bits per heavy atom. The molecule has 0 unspecified atom stereocenters. The first-order valence-corrected chi connectivity index (χ1v) is 10.4. The highest BCUT2D eigenvalue weighted by Gasteiger charge is 2.30. The van der Waals surface area contributed by atoms with Gasteiger partial charge in [0.2, 0.25) is 0 Å². The number of likely N-dealkylation sites (tertiary alicyclic amines) is 1. The van der Waals surface area contributed by atoms with E-state index in [1.165, 1.54) is 62.7 Å². The molecule has 4 rings (SSSR count). The van der Waals surface area contributed by atoms with Crippen molar-refractivity contribution in [3.63, 3.8) is 0 Å². The Hall–Kier alpha value is -1.64. The van der Waals surface area contributed by atoms with Gasteiger partial charge < -0.3 is 4.90 Å². The Bertz CT molecular complexity index is 599. The maximum absolute atomic E-state index is 2.76. The van der Waals surface area contributed by atoms with Crippen LogP contribution in [0, 0.1) is 0 Å². The van der Waals surface area contributed by atoms with Gasteiger partial charge in [0.25, 0.3) is 0 Å². The van der Waals surface area contributed by atoms with E-state index in [0.29, 0.717) is 6.04 Å². The van der Waals surface area contributed by atoms with Crippen LogP contribution in [0.3, 0.4) is 0 Å². The molecule has 2 aromatic carbocycles. The highest BCUT2D eigenvalue weighted by Crippen LogP contribution is 2.30. The topological polar surface area (TPSA) is 6.48 Å². The second-order valence-corrected chi connectivity index (χ2v) is 8.08. The maximum atomic E-state index is 2.76. The predicted octanol–water partition coefficient (Wildman–Crippen LogP) is 5.10. The molecule has 2 heteroatoms. The summed E-state index contributed by atoms with van der Waals surface area (Å²) in [4.78, 5) is 5.49. The van der Waals surface area contributed by atoms with Crippen LogP contribution in [-0.2, 0) is 13.1 Å². The molecule has 1 aliphatic heterocycles. The summed E-state index contributed by atoms with van der Waals surface area (Å²) in [7, 11) is 0. The van der Waals surface area contributed by atoms with Gasteiger partial charge in [-0.05, 0) is 62.7 Å². The summed E-state index contributed by atoms with van der Waals surface area (Å²) in [5.41, 5.74) is 2.87. The number of hydrogen-bond acceptors (Lipinski definition) is 2. The molecule has 0 N–H and O–H groups in total. The van der Waals surface area contributed by atoms with Gasteiger partial charge in [-0.3, -0.25) is 4.90 Å². The Kier molecular flexibility index (Phi) is 6.03. The van der Waals surface area contributed by atoms with E-state index in [9.17, 15) is 0 Å². The van der Waals surface area contributed by atoms with E-state index in [1.807, 2.05) is 0 Å². The molecule has 138 valence electrons. The zero-order valence-corrected chi connectivity index (χ0v) is 15.9. The molecule has 1 saturated carbocycles. The van der Waals surface area contributed by atoms with Gasteiger partial charge in [0.1, 0.15) is 0 Å². The fourth-order valence-electron chi connectivity index (χ4n) is 4.85. The highest BCUT2D eigenvalue weighted by molar-refractivity contribution is 5.17. The van der Waals surface area contributed by atoms with E-state index in [-0.39, 0.29) is 0 Å². The quantitative estimate of drug-likeness (QED) is 0.717. The van der Waals surface area contributed by atoms with E-state index in [1.54, 1.807) is 0 Å². The van der Waals surface area contributed by atoms with Gasteiger partial charge in [-0.25, -0.2) is 0 Å². The minimum absolute atomic E-state index is 0.717. The molecular formula is C24H32N2. The van der Waals surface area contributed by atoms with Crippen molar-refractivity contribution in [2.75, 3.05) is 13.1 Å². The van der Waals surface area contributed by atoms with E-state index in [4.69, 9.17) is 0 Å². The molecule has 0 bridgehead atoms. The Morgan fingerprint density at radius 1 is 0.692 bits per heavy atom. The first kappa shape index (κ1) is 17.8. The molecule has 2 nitrogen and oxygen atoms in total. The lowest BCUT2D eigenvalue weighted by atomic mass is 9.88. The van der Waals surface area contributed by atoms with E-state index >= 15 is 0 Å². The molecule has 26 heavy (non-hydrogen) atoms. The van der Waals surface area contributed by atoms with Crippen LogP contribution in [0.2, 0.25) is 0 Å². The van der Waals surface area contributed by atoms with E-state index < -0.39 is 0 Å². The third-order valence-electron chi connectivity index (χ3n) is 6.30. The van der Waals surface area contributed by atoms with Crippen molar-refractivity contribution in [2.24, 2.45) is 0 Å². The summed E-state index contributed by atoms with van der Waals surface area (Å²) >= 11 is 0. The average molecular weight is 349 g/mol. The Balaban J connectivity index is 1.42. The van der Waals surface area contributed by atoms with Gasteiger partial charge in [-0.15, -0.1) is 0 Å². The maximum Gasteiger partial charge on any atom is 0.0240 e. The van der Waals surface area contributed by atoms with Crippen LogP contribution >= 0.6 is 0 Å². The van der Waals surface area contributed by atoms with Crippen LogP contribution in [0.5, 0.6) is 0 Å². The van der Waals surface area contributed by atoms with Crippen molar-refractivity contribution in [2.45, 2.75) is 63.7 Å². The van der Waals surface area contributed by atoms with Gasteiger partial charge in [0.15, 0.2) is 0 Å². The molecule has 1 saturated heterocycles. The van der Waals surface area contributed by atoms with Crippen LogP contribution in [-0.4, -0.2) is 35.0 Å². The summed E-state index contributed by atoms with van der Waals surface area (Å²) in [6.07, 6.45) is 8.28. The van der Waals surface area contributed by atoms with Gasteiger partial charge in [-0.1, -0.05) is 60.7 Å². The van der Waals surface area contributed by atoms with Crippen LogP contribution in [0.4, 0.5) is 0 Å². The van der Waals surface area contributed by atoms with Crippen LogP contribution in [0.15, 0.2) is 60.7 Å².